The summed E-state index contributed by atoms with van der Waals surface area (Å²) >= 11 is 1.62. The third-order valence-electron chi connectivity index (χ3n) is 4.77. The summed E-state index contributed by atoms with van der Waals surface area (Å²) in [6.45, 7) is 11.3. The number of aromatic nitrogens is 1. The Kier molecular flexibility index (Phi) is 5.75. The molecule has 140 valence electrons. The number of hydrogen-bond donors (Lipinski definition) is 1. The van der Waals surface area contributed by atoms with Gasteiger partial charge < -0.3 is 10.2 Å². The molecule has 2 heterocycles. The van der Waals surface area contributed by atoms with Gasteiger partial charge in [0.05, 0.1) is 5.54 Å². The average molecular weight is 373 g/mol. The third-order valence-corrected chi connectivity index (χ3v) is 6.01. The Balaban J connectivity index is 1.66. The molecule has 1 amide bonds. The zero-order chi connectivity index (χ0) is 18.7. The summed E-state index contributed by atoms with van der Waals surface area (Å²) < 4.78 is 0. The monoisotopic (exact) mass is 372 g/mol. The topological polar surface area (TPSA) is 48.5 Å². The Labute approximate surface area is 160 Å². The summed E-state index contributed by atoms with van der Waals surface area (Å²) in [6, 6.07) is 7.97. The predicted octanol–water partition coefficient (Wildman–Crippen LogP) is 2.86. The van der Waals surface area contributed by atoms with Crippen molar-refractivity contribution in [1.29, 1.82) is 0 Å². The van der Waals surface area contributed by atoms with Crippen LogP contribution in [-0.2, 0) is 12.1 Å². The van der Waals surface area contributed by atoms with Crippen LogP contribution in [0.25, 0.3) is 0 Å². The Morgan fingerprint density at radius 3 is 2.65 bits per heavy atom. The minimum Gasteiger partial charge on any atom is -0.341 e. The maximum Gasteiger partial charge on any atom is 0.252 e. The smallest absolute Gasteiger partial charge is 0.252 e. The van der Waals surface area contributed by atoms with Gasteiger partial charge in [-0.05, 0) is 45.5 Å². The van der Waals surface area contributed by atoms with Crippen molar-refractivity contribution in [2.75, 3.05) is 33.2 Å². The molecule has 0 spiro atoms. The Hall–Kier alpha value is -1.76. The van der Waals surface area contributed by atoms with Gasteiger partial charge in [-0.1, -0.05) is 12.1 Å². The van der Waals surface area contributed by atoms with E-state index in [9.17, 15) is 4.79 Å². The van der Waals surface area contributed by atoms with Crippen LogP contribution in [0.3, 0.4) is 0 Å². The SMILES string of the molecule is Cc1cnc(C(C)(C)NC(=O)c2cccc(CN3CCN(C)CC3)c2)s1. The molecule has 26 heavy (non-hydrogen) atoms. The van der Waals surface area contributed by atoms with Crippen molar-refractivity contribution in [1.82, 2.24) is 20.1 Å². The van der Waals surface area contributed by atoms with Crippen LogP contribution in [0.15, 0.2) is 30.5 Å². The van der Waals surface area contributed by atoms with Crippen LogP contribution in [0, 0.1) is 6.92 Å². The largest absolute Gasteiger partial charge is 0.341 e. The lowest BCUT2D eigenvalue weighted by molar-refractivity contribution is 0.0911. The molecule has 0 bridgehead atoms. The Morgan fingerprint density at radius 2 is 2.00 bits per heavy atom. The highest BCUT2D eigenvalue weighted by Gasteiger charge is 2.26. The van der Waals surface area contributed by atoms with Gasteiger partial charge >= 0.3 is 0 Å². The molecule has 1 aromatic carbocycles. The maximum absolute atomic E-state index is 12.8. The first-order valence-electron chi connectivity index (χ1n) is 9.09. The van der Waals surface area contributed by atoms with Crippen LogP contribution < -0.4 is 5.32 Å². The molecule has 1 aromatic heterocycles. The molecule has 1 fully saturated rings. The number of rotatable bonds is 5. The summed E-state index contributed by atoms with van der Waals surface area (Å²) in [6.07, 6.45) is 1.85. The fourth-order valence-corrected chi connectivity index (χ4v) is 3.95. The number of carbonyl (C=O) groups excluding carboxylic acids is 1. The molecule has 0 unspecified atom stereocenters. The fourth-order valence-electron chi connectivity index (χ4n) is 3.13. The van der Waals surface area contributed by atoms with E-state index in [0.717, 1.165) is 42.6 Å². The lowest BCUT2D eigenvalue weighted by Gasteiger charge is -2.32. The third kappa shape index (κ3) is 4.69. The summed E-state index contributed by atoms with van der Waals surface area (Å²) in [4.78, 5) is 23.1. The molecule has 3 rings (SSSR count). The molecule has 1 saturated heterocycles. The van der Waals surface area contributed by atoms with E-state index in [1.54, 1.807) is 11.3 Å². The quantitative estimate of drug-likeness (QED) is 0.877. The van der Waals surface area contributed by atoms with Gasteiger partial charge in [-0.15, -0.1) is 11.3 Å². The Morgan fingerprint density at radius 1 is 1.27 bits per heavy atom. The number of benzene rings is 1. The molecule has 0 atom stereocenters. The minimum atomic E-state index is -0.483. The van der Waals surface area contributed by atoms with Crippen molar-refractivity contribution in [3.8, 4) is 0 Å². The van der Waals surface area contributed by atoms with Crippen LogP contribution in [-0.4, -0.2) is 53.9 Å². The highest BCUT2D eigenvalue weighted by atomic mass is 32.1. The van der Waals surface area contributed by atoms with Gasteiger partial charge in [0.15, 0.2) is 0 Å². The van der Waals surface area contributed by atoms with E-state index in [0.29, 0.717) is 5.56 Å². The molecule has 0 radical (unpaired) electrons. The minimum absolute atomic E-state index is 0.0527. The van der Waals surface area contributed by atoms with E-state index in [1.165, 1.54) is 5.56 Å². The second-order valence-corrected chi connectivity index (χ2v) is 8.87. The van der Waals surface area contributed by atoms with Crippen molar-refractivity contribution in [2.45, 2.75) is 32.9 Å². The van der Waals surface area contributed by atoms with E-state index in [2.05, 4.69) is 33.2 Å². The van der Waals surface area contributed by atoms with Crippen molar-refractivity contribution in [2.24, 2.45) is 0 Å². The van der Waals surface area contributed by atoms with Crippen LogP contribution >= 0.6 is 11.3 Å². The number of likely N-dealkylation sites (N-methyl/N-ethyl adjacent to an activating group) is 1. The normalized spacial score (nSPS) is 16.6. The molecule has 6 heteroatoms. The van der Waals surface area contributed by atoms with Crippen LogP contribution in [0.1, 0.15) is 39.7 Å². The first kappa shape index (κ1) is 19.0. The van der Waals surface area contributed by atoms with Gasteiger partial charge in [0.1, 0.15) is 5.01 Å². The molecule has 1 aliphatic heterocycles. The fraction of sp³-hybridized carbons (Fsp3) is 0.500. The molecule has 2 aromatic rings. The predicted molar refractivity (Wildman–Crippen MR) is 107 cm³/mol. The zero-order valence-corrected chi connectivity index (χ0v) is 16.9. The number of carbonyl (C=O) groups is 1. The maximum atomic E-state index is 12.8. The number of aryl methyl sites for hydroxylation is 1. The Bertz CT molecular complexity index is 763. The molecule has 0 saturated carbocycles. The van der Waals surface area contributed by atoms with Gasteiger partial charge in [-0.3, -0.25) is 9.69 Å². The van der Waals surface area contributed by atoms with Gasteiger partial charge in [0.2, 0.25) is 0 Å². The highest BCUT2D eigenvalue weighted by molar-refractivity contribution is 7.11. The molecular weight excluding hydrogens is 344 g/mol. The number of amides is 1. The van der Waals surface area contributed by atoms with Crippen LogP contribution in [0.4, 0.5) is 0 Å². The van der Waals surface area contributed by atoms with Crippen LogP contribution in [0.5, 0.6) is 0 Å². The van der Waals surface area contributed by atoms with Gasteiger partial charge in [-0.25, -0.2) is 4.98 Å². The van der Waals surface area contributed by atoms with E-state index < -0.39 is 5.54 Å². The van der Waals surface area contributed by atoms with Gasteiger partial charge in [0.25, 0.3) is 5.91 Å². The first-order valence-corrected chi connectivity index (χ1v) is 9.90. The standard InChI is InChI=1S/C20H28N4OS/c1-15-13-21-19(26-15)20(2,3)22-18(25)17-7-5-6-16(12-17)14-24-10-8-23(4)9-11-24/h5-7,12-13H,8-11,14H2,1-4H3,(H,22,25). The molecule has 0 aliphatic carbocycles. The van der Waals surface area contributed by atoms with Crippen LogP contribution in [0.2, 0.25) is 0 Å². The lowest BCUT2D eigenvalue weighted by Crippen LogP contribution is -2.44. The first-order chi connectivity index (χ1) is 12.3. The average Bonchev–Trinajstić information content (AvgIpc) is 3.04. The summed E-state index contributed by atoms with van der Waals surface area (Å²) in [7, 11) is 2.16. The number of piperazine rings is 1. The van der Waals surface area contributed by atoms with Crippen molar-refractivity contribution in [3.63, 3.8) is 0 Å². The van der Waals surface area contributed by atoms with Crippen molar-refractivity contribution < 1.29 is 4.79 Å². The van der Waals surface area contributed by atoms with E-state index in [-0.39, 0.29) is 5.91 Å². The summed E-state index contributed by atoms with van der Waals surface area (Å²) in [5, 5.41) is 4.06. The summed E-state index contributed by atoms with van der Waals surface area (Å²) in [5.74, 6) is -0.0527. The number of hydrogen-bond acceptors (Lipinski definition) is 5. The summed E-state index contributed by atoms with van der Waals surface area (Å²) in [5.41, 5.74) is 1.41. The van der Waals surface area contributed by atoms with E-state index >= 15 is 0 Å². The van der Waals surface area contributed by atoms with Crippen molar-refractivity contribution >= 4 is 17.2 Å². The second kappa shape index (κ2) is 7.86. The lowest BCUT2D eigenvalue weighted by atomic mass is 10.0. The molecular formula is C20H28N4OS. The molecule has 1 N–H and O–H groups in total. The molecule has 5 nitrogen and oxygen atoms in total. The van der Waals surface area contributed by atoms with E-state index in [4.69, 9.17) is 0 Å². The molecule has 1 aliphatic rings. The number of thiazole rings is 1. The zero-order valence-electron chi connectivity index (χ0n) is 16.1. The van der Waals surface area contributed by atoms with Crippen molar-refractivity contribution in [3.05, 3.63) is 51.5 Å². The van der Waals surface area contributed by atoms with Gasteiger partial charge in [0, 0.05) is 49.4 Å². The van der Waals surface area contributed by atoms with Gasteiger partial charge in [-0.2, -0.15) is 0 Å². The second-order valence-electron chi connectivity index (χ2n) is 7.63. The number of nitrogens with one attached hydrogen (secondary N) is 1. The van der Waals surface area contributed by atoms with E-state index in [1.807, 2.05) is 45.2 Å². The highest BCUT2D eigenvalue weighted by Crippen LogP contribution is 2.25. The number of nitrogens with zero attached hydrogens (tertiary/aromatic N) is 3.